The molecule has 0 unspecified atom stereocenters. The Morgan fingerprint density at radius 2 is 1.35 bits per heavy atom. The fourth-order valence-electron chi connectivity index (χ4n) is 4.71. The first-order valence-electron chi connectivity index (χ1n) is 13.5. The van der Waals surface area contributed by atoms with Crippen molar-refractivity contribution < 1.29 is 17.9 Å². The number of hydrogen-bond donors (Lipinski definition) is 1. The summed E-state index contributed by atoms with van der Waals surface area (Å²) in [5.41, 5.74) is 9.02. The van der Waals surface area contributed by atoms with Crippen LogP contribution in [0, 0.1) is 0 Å². The molecule has 0 atom stereocenters. The molecule has 1 aliphatic heterocycles. The zero-order valence-electron chi connectivity index (χ0n) is 23.2. The van der Waals surface area contributed by atoms with Crippen LogP contribution in [-0.4, -0.2) is 61.1 Å². The highest BCUT2D eigenvalue weighted by molar-refractivity contribution is 7.89. The van der Waals surface area contributed by atoms with Crippen molar-refractivity contribution in [1.29, 1.82) is 0 Å². The number of nitrogens with zero attached hydrogens (tertiary/aromatic N) is 4. The maximum Gasteiger partial charge on any atom is 0.243 e. The number of fused-ring (bicyclic) bond motifs is 1. The van der Waals surface area contributed by atoms with Gasteiger partial charge in [-0.1, -0.05) is 42.5 Å². The topological polar surface area (TPSA) is 111 Å². The van der Waals surface area contributed by atoms with E-state index in [-0.39, 0.29) is 17.1 Å². The molecular formula is C30H35N5O4S. The Bertz CT molecular complexity index is 1580. The Balaban J connectivity index is 1.33. The van der Waals surface area contributed by atoms with Crippen LogP contribution in [0.4, 0.5) is 11.8 Å². The molecule has 0 aliphatic carbocycles. The first kappa shape index (κ1) is 27.7. The standard InChI is InChI=1S/C30H35N5O4S/c1-20(2)38-27-18-25-26(19-28(27)39-21(3)4)32-30(33-29(25)31)34-14-16-35(17-15-34)40(36,37)24-12-10-23(11-13-24)22-8-6-5-7-9-22/h5-13,18-21H,14-17H2,1-4H3,(H2,31,32,33). The van der Waals surface area contributed by atoms with E-state index in [4.69, 9.17) is 20.2 Å². The van der Waals surface area contributed by atoms with Crippen molar-refractivity contribution in [2.24, 2.45) is 0 Å². The summed E-state index contributed by atoms with van der Waals surface area (Å²) in [6.07, 6.45) is -0.0852. The van der Waals surface area contributed by atoms with E-state index in [1.165, 1.54) is 4.31 Å². The van der Waals surface area contributed by atoms with Crippen LogP contribution in [0.3, 0.4) is 0 Å². The van der Waals surface area contributed by atoms with Crippen molar-refractivity contribution in [2.75, 3.05) is 36.8 Å². The van der Waals surface area contributed by atoms with Gasteiger partial charge in [-0.05, 0) is 57.0 Å². The second-order valence-electron chi connectivity index (χ2n) is 10.3. The minimum absolute atomic E-state index is 0.0391. The summed E-state index contributed by atoms with van der Waals surface area (Å²) in [5, 5.41) is 0.677. The monoisotopic (exact) mass is 561 g/mol. The summed E-state index contributed by atoms with van der Waals surface area (Å²) < 4.78 is 40.2. The van der Waals surface area contributed by atoms with Crippen molar-refractivity contribution in [3.8, 4) is 22.6 Å². The molecule has 1 saturated heterocycles. The van der Waals surface area contributed by atoms with Crippen LogP contribution >= 0.6 is 0 Å². The molecule has 3 aromatic carbocycles. The predicted molar refractivity (Wildman–Crippen MR) is 158 cm³/mol. The zero-order valence-corrected chi connectivity index (χ0v) is 24.1. The van der Waals surface area contributed by atoms with E-state index in [1.807, 2.05) is 87.2 Å². The minimum Gasteiger partial charge on any atom is -0.487 e. The number of aromatic nitrogens is 2. The third-order valence-electron chi connectivity index (χ3n) is 6.62. The van der Waals surface area contributed by atoms with Gasteiger partial charge in [-0.25, -0.2) is 13.4 Å². The summed E-state index contributed by atoms with van der Waals surface area (Å²) in [4.78, 5) is 11.6. The van der Waals surface area contributed by atoms with E-state index in [0.717, 1.165) is 11.1 Å². The van der Waals surface area contributed by atoms with Crippen molar-refractivity contribution in [3.63, 3.8) is 0 Å². The van der Waals surface area contributed by atoms with E-state index in [2.05, 4.69) is 4.98 Å². The fraction of sp³-hybridized carbons (Fsp3) is 0.333. The second kappa shape index (κ2) is 11.3. The lowest BCUT2D eigenvalue weighted by Gasteiger charge is -2.34. The van der Waals surface area contributed by atoms with Gasteiger partial charge in [0.15, 0.2) is 11.5 Å². The van der Waals surface area contributed by atoms with E-state index in [0.29, 0.717) is 60.3 Å². The van der Waals surface area contributed by atoms with Crippen LogP contribution in [0.25, 0.3) is 22.0 Å². The van der Waals surface area contributed by atoms with Crippen LogP contribution < -0.4 is 20.1 Å². The number of anilines is 2. The lowest BCUT2D eigenvalue weighted by atomic mass is 10.1. The Kier molecular flexibility index (Phi) is 7.82. The first-order chi connectivity index (χ1) is 19.1. The lowest BCUT2D eigenvalue weighted by Crippen LogP contribution is -2.49. The van der Waals surface area contributed by atoms with Crippen LogP contribution in [-0.2, 0) is 10.0 Å². The first-order valence-corrected chi connectivity index (χ1v) is 14.9. The largest absolute Gasteiger partial charge is 0.487 e. The molecule has 1 fully saturated rings. The number of piperazine rings is 1. The van der Waals surface area contributed by atoms with Gasteiger partial charge in [0.25, 0.3) is 0 Å². The van der Waals surface area contributed by atoms with Crippen molar-refractivity contribution in [1.82, 2.24) is 14.3 Å². The normalized spacial score (nSPS) is 14.7. The Hall–Kier alpha value is -3.89. The van der Waals surface area contributed by atoms with Crippen molar-refractivity contribution in [3.05, 3.63) is 66.7 Å². The average molecular weight is 562 g/mol. The summed E-state index contributed by atoms with van der Waals surface area (Å²) in [6.45, 7) is 9.31. The fourth-order valence-corrected chi connectivity index (χ4v) is 6.13. The van der Waals surface area contributed by atoms with Gasteiger partial charge in [0.1, 0.15) is 5.82 Å². The van der Waals surface area contributed by atoms with Crippen LogP contribution in [0.15, 0.2) is 71.6 Å². The van der Waals surface area contributed by atoms with Crippen LogP contribution in [0.1, 0.15) is 27.7 Å². The molecule has 2 N–H and O–H groups in total. The van der Waals surface area contributed by atoms with E-state index in [1.54, 1.807) is 12.1 Å². The SMILES string of the molecule is CC(C)Oc1cc2nc(N3CCN(S(=O)(=O)c4ccc(-c5ccccc5)cc4)CC3)nc(N)c2cc1OC(C)C. The highest BCUT2D eigenvalue weighted by Crippen LogP contribution is 2.36. The zero-order chi connectivity index (χ0) is 28.4. The van der Waals surface area contributed by atoms with E-state index in [9.17, 15) is 8.42 Å². The lowest BCUT2D eigenvalue weighted by molar-refractivity contribution is 0.199. The van der Waals surface area contributed by atoms with Gasteiger partial charge >= 0.3 is 0 Å². The molecule has 5 rings (SSSR count). The minimum atomic E-state index is -3.63. The highest BCUT2D eigenvalue weighted by Gasteiger charge is 2.30. The van der Waals surface area contributed by atoms with E-state index < -0.39 is 10.0 Å². The molecule has 40 heavy (non-hydrogen) atoms. The number of ether oxygens (including phenoxy) is 2. The maximum absolute atomic E-state index is 13.4. The summed E-state index contributed by atoms with van der Waals surface area (Å²) >= 11 is 0. The molecule has 1 aromatic heterocycles. The van der Waals surface area contributed by atoms with Gasteiger partial charge in [-0.2, -0.15) is 9.29 Å². The molecule has 10 heteroatoms. The molecule has 0 amide bonds. The molecular weight excluding hydrogens is 526 g/mol. The highest BCUT2D eigenvalue weighted by atomic mass is 32.2. The maximum atomic E-state index is 13.4. The number of rotatable bonds is 8. The Morgan fingerprint density at radius 3 is 1.95 bits per heavy atom. The molecule has 4 aromatic rings. The molecule has 0 saturated carbocycles. The molecule has 0 spiro atoms. The second-order valence-corrected chi connectivity index (χ2v) is 12.3. The quantitative estimate of drug-likeness (QED) is 0.321. The molecule has 210 valence electrons. The number of hydrogen-bond acceptors (Lipinski definition) is 8. The van der Waals surface area contributed by atoms with Gasteiger partial charge in [0.05, 0.1) is 22.6 Å². The van der Waals surface area contributed by atoms with Gasteiger partial charge in [-0.3, -0.25) is 0 Å². The third kappa shape index (κ3) is 5.83. The average Bonchev–Trinajstić information content (AvgIpc) is 2.94. The molecule has 0 radical (unpaired) electrons. The smallest absolute Gasteiger partial charge is 0.243 e. The van der Waals surface area contributed by atoms with Crippen LogP contribution in [0.5, 0.6) is 11.5 Å². The summed E-state index contributed by atoms with van der Waals surface area (Å²) in [7, 11) is -3.63. The summed E-state index contributed by atoms with van der Waals surface area (Å²) in [6, 6.07) is 20.6. The molecule has 0 bridgehead atoms. The molecule has 9 nitrogen and oxygen atoms in total. The third-order valence-corrected chi connectivity index (χ3v) is 8.54. The molecule has 2 heterocycles. The van der Waals surface area contributed by atoms with Gasteiger partial charge in [0, 0.05) is 37.6 Å². The number of nitrogen functional groups attached to an aromatic ring is 1. The Morgan fingerprint density at radius 1 is 0.775 bits per heavy atom. The number of sulfonamides is 1. The van der Waals surface area contributed by atoms with Crippen LogP contribution in [0.2, 0.25) is 0 Å². The predicted octanol–water partition coefficient (Wildman–Crippen LogP) is 4.96. The van der Waals surface area contributed by atoms with Gasteiger partial charge in [0.2, 0.25) is 16.0 Å². The van der Waals surface area contributed by atoms with E-state index >= 15 is 0 Å². The number of nitrogens with two attached hydrogens (primary N) is 1. The summed E-state index contributed by atoms with van der Waals surface area (Å²) in [5.74, 6) is 1.98. The van der Waals surface area contributed by atoms with Gasteiger partial charge in [-0.15, -0.1) is 0 Å². The van der Waals surface area contributed by atoms with Crippen molar-refractivity contribution in [2.45, 2.75) is 44.8 Å². The number of benzene rings is 3. The Labute approximate surface area is 235 Å². The van der Waals surface area contributed by atoms with Gasteiger partial charge < -0.3 is 20.1 Å². The molecule has 1 aliphatic rings. The van der Waals surface area contributed by atoms with Crippen molar-refractivity contribution >= 4 is 32.7 Å².